The van der Waals surface area contributed by atoms with Gasteiger partial charge >= 0.3 is 0 Å². The van der Waals surface area contributed by atoms with Crippen molar-refractivity contribution >= 4 is 195 Å². The molecule has 0 unspecified atom stereocenters. The molecule has 0 aliphatic carbocycles. The van der Waals surface area contributed by atoms with E-state index in [1.165, 1.54) is 0 Å². The summed E-state index contributed by atoms with van der Waals surface area (Å²) in [6, 6.07) is 67.0. The van der Waals surface area contributed by atoms with Gasteiger partial charge in [-0.15, -0.1) is 0 Å². The molecule has 424 valence electrons. The SMILES string of the molecule is O=c1cc2c3ccc4c5ccc6c(=O)n7c8ccccc8c(=O)cc7c7ccc(c8ccc(c(=O)n2c2ccccc12)c3c84)c5c67.O=c1cc2c3ccc4c5ccc6c7c(ccc(c8ccc(c(=O)n2c2ccccc12)c3c84)c57)c(=O)n1c2ccccc2c(=O)cc61. The predicted molar refractivity (Wildman–Crippen MR) is 374 cm³/mol. The van der Waals surface area contributed by atoms with Crippen LogP contribution >= 0.6 is 0 Å². The van der Waals surface area contributed by atoms with Crippen molar-refractivity contribution in [3.8, 4) is 0 Å². The fraction of sp³-hybridized carbons (Fsp3) is 0. The Labute approximate surface area is 510 Å². The maximum absolute atomic E-state index is 14.2. The van der Waals surface area contributed by atoms with Crippen molar-refractivity contribution in [1.29, 1.82) is 0 Å². The van der Waals surface area contributed by atoms with Crippen molar-refractivity contribution in [3.05, 3.63) is 301 Å². The summed E-state index contributed by atoms with van der Waals surface area (Å²) in [6.45, 7) is 0. The van der Waals surface area contributed by atoms with Crippen LogP contribution in [0.4, 0.5) is 0 Å². The molecule has 22 rings (SSSR count). The van der Waals surface area contributed by atoms with Crippen LogP contribution in [0, 0.1) is 0 Å². The van der Waals surface area contributed by atoms with Gasteiger partial charge in [0.25, 0.3) is 22.2 Å². The first-order chi connectivity index (χ1) is 45.0. The average Bonchev–Trinajstić information content (AvgIpc) is 0.697. The molecular formula is C80H36N4O8. The van der Waals surface area contributed by atoms with E-state index in [1.807, 2.05) is 146 Å². The summed E-state index contributed by atoms with van der Waals surface area (Å²) in [5.41, 5.74) is 3.54. The van der Waals surface area contributed by atoms with E-state index >= 15 is 0 Å². The number of rotatable bonds is 0. The van der Waals surface area contributed by atoms with Crippen LogP contribution in [-0.2, 0) is 0 Å². The van der Waals surface area contributed by atoms with Crippen LogP contribution in [0.3, 0.4) is 0 Å². The minimum Gasteiger partial charge on any atom is -0.289 e. The molecule has 0 bridgehead atoms. The summed E-state index contributed by atoms with van der Waals surface area (Å²) < 4.78 is 6.64. The molecule has 22 aromatic rings. The Morgan fingerprint density at radius 3 is 0.522 bits per heavy atom. The second-order valence-corrected chi connectivity index (χ2v) is 24.5. The number of fused-ring (bicyclic) bond motifs is 20. The van der Waals surface area contributed by atoms with Gasteiger partial charge in [-0.05, 0) is 137 Å². The van der Waals surface area contributed by atoms with Crippen LogP contribution in [0.5, 0.6) is 0 Å². The van der Waals surface area contributed by atoms with E-state index in [0.717, 1.165) is 108 Å². The molecule has 0 saturated carbocycles. The van der Waals surface area contributed by atoms with Gasteiger partial charge in [0, 0.05) is 110 Å². The van der Waals surface area contributed by atoms with Crippen LogP contribution in [0.2, 0.25) is 0 Å². The van der Waals surface area contributed by atoms with E-state index in [0.29, 0.717) is 87.2 Å². The molecule has 0 N–H and O–H groups in total. The third-order valence-electron chi connectivity index (χ3n) is 20.3. The summed E-state index contributed by atoms with van der Waals surface area (Å²) >= 11 is 0. The largest absolute Gasteiger partial charge is 0.289 e. The van der Waals surface area contributed by atoms with Crippen molar-refractivity contribution in [2.75, 3.05) is 0 Å². The number of pyridine rings is 8. The number of para-hydroxylation sites is 4. The molecule has 8 aromatic heterocycles. The molecular weight excluding hydrogens is 1140 g/mol. The van der Waals surface area contributed by atoms with Crippen LogP contribution in [0.1, 0.15) is 0 Å². The molecule has 0 radical (unpaired) electrons. The topological polar surface area (TPSA) is 154 Å². The third-order valence-corrected chi connectivity index (χ3v) is 20.3. The Kier molecular flexibility index (Phi) is 8.92. The van der Waals surface area contributed by atoms with Crippen LogP contribution < -0.4 is 44.0 Å². The predicted octanol–water partition coefficient (Wildman–Crippen LogP) is 14.3. The fourth-order valence-electron chi connectivity index (χ4n) is 16.6. The van der Waals surface area contributed by atoms with Gasteiger partial charge < -0.3 is 0 Å². The Balaban J connectivity index is 0.000000124. The summed E-state index contributed by atoms with van der Waals surface area (Å²) in [5.74, 6) is 0. The van der Waals surface area contributed by atoms with Crippen molar-refractivity contribution < 1.29 is 0 Å². The van der Waals surface area contributed by atoms with Crippen LogP contribution in [0.25, 0.3) is 195 Å². The van der Waals surface area contributed by atoms with Crippen LogP contribution in [0.15, 0.2) is 257 Å². The minimum atomic E-state index is -0.168. The lowest BCUT2D eigenvalue weighted by Gasteiger charge is -2.20. The molecule has 0 atom stereocenters. The highest BCUT2D eigenvalue weighted by molar-refractivity contribution is 6.43. The number of hydrogen-bond acceptors (Lipinski definition) is 8. The van der Waals surface area contributed by atoms with Gasteiger partial charge in [-0.2, -0.15) is 0 Å². The standard InChI is InChI=1S/2C40H18N2O4/c43-33-17-31-25-13-9-19-22-12-16-28-38-26(32-18-34(44)24-6-2-4-8-30(24)42(32)40(28)46)14-10-20(36(22)38)21-11-15-27(37(25)35(19)21)39(45)41(31)29-7-3-1-5-23(29)33;43-33-17-31-25-13-9-19-20-10-14-26-32-18-34(44)24-6-2-4-8-30(24)42(32)40(46)28-16-12-22(36(20)38(26)28)21-11-15-27(37(25)35(19)21)39(45)41(31)29-7-3-1-5-23(29)33/h2*1-18H. The highest BCUT2D eigenvalue weighted by Crippen LogP contribution is 2.48. The third kappa shape index (κ3) is 5.75. The lowest BCUT2D eigenvalue weighted by molar-refractivity contribution is 1.18. The maximum Gasteiger partial charge on any atom is 0.263 e. The summed E-state index contributed by atoms with van der Waals surface area (Å²) in [6.07, 6.45) is 0. The second-order valence-electron chi connectivity index (χ2n) is 24.5. The molecule has 12 heteroatoms. The van der Waals surface area contributed by atoms with Crippen LogP contribution in [-0.4, -0.2) is 17.6 Å². The fourth-order valence-corrected chi connectivity index (χ4v) is 16.6. The van der Waals surface area contributed by atoms with Crippen molar-refractivity contribution in [2.45, 2.75) is 0 Å². The molecule has 0 aliphatic heterocycles. The highest BCUT2D eigenvalue weighted by Gasteiger charge is 2.26. The van der Waals surface area contributed by atoms with Gasteiger partial charge in [0.05, 0.1) is 44.1 Å². The number of benzene rings is 14. The summed E-state index contributed by atoms with van der Waals surface area (Å²) in [4.78, 5) is 110. The average molecular weight is 1180 g/mol. The van der Waals surface area contributed by atoms with Gasteiger partial charge in [-0.25, -0.2) is 0 Å². The van der Waals surface area contributed by atoms with Crippen molar-refractivity contribution in [1.82, 2.24) is 17.6 Å². The molecule has 92 heavy (non-hydrogen) atoms. The summed E-state index contributed by atoms with van der Waals surface area (Å²) in [7, 11) is 0. The molecule has 14 aromatic carbocycles. The molecule has 0 fully saturated rings. The lowest BCUT2D eigenvalue weighted by atomic mass is 9.85. The molecule has 0 saturated heterocycles. The van der Waals surface area contributed by atoms with E-state index in [-0.39, 0.29) is 44.0 Å². The number of hydrogen-bond donors (Lipinski definition) is 0. The van der Waals surface area contributed by atoms with Gasteiger partial charge in [0.15, 0.2) is 21.7 Å². The number of nitrogens with zero attached hydrogens (tertiary/aromatic N) is 4. The van der Waals surface area contributed by atoms with Gasteiger partial charge in [-0.3, -0.25) is 56.0 Å². The zero-order chi connectivity index (χ0) is 61.2. The summed E-state index contributed by atoms with van der Waals surface area (Å²) in [5, 5.41) is 22.5. The Bertz CT molecular complexity index is 6860. The first kappa shape index (κ1) is 49.2. The normalized spacial score (nSPS) is 12.7. The Morgan fingerprint density at radius 2 is 0.315 bits per heavy atom. The zero-order valence-corrected chi connectivity index (χ0v) is 47.8. The van der Waals surface area contributed by atoms with E-state index in [9.17, 15) is 38.4 Å². The highest BCUT2D eigenvalue weighted by atomic mass is 16.2. The first-order valence-corrected chi connectivity index (χ1v) is 30.2. The monoisotopic (exact) mass is 1180 g/mol. The molecule has 0 amide bonds. The molecule has 0 spiro atoms. The van der Waals surface area contributed by atoms with Crippen molar-refractivity contribution in [2.24, 2.45) is 0 Å². The lowest BCUT2D eigenvalue weighted by Crippen LogP contribution is -2.18. The van der Waals surface area contributed by atoms with Gasteiger partial charge in [0.1, 0.15) is 0 Å². The maximum atomic E-state index is 14.2. The minimum absolute atomic E-state index is 0.125. The zero-order valence-electron chi connectivity index (χ0n) is 47.8. The van der Waals surface area contributed by atoms with E-state index in [2.05, 4.69) is 24.3 Å². The Hall–Kier alpha value is -12.8. The molecule has 8 heterocycles. The second kappa shape index (κ2) is 16.7. The van der Waals surface area contributed by atoms with E-state index < -0.39 is 0 Å². The van der Waals surface area contributed by atoms with E-state index in [4.69, 9.17) is 0 Å². The van der Waals surface area contributed by atoms with E-state index in [1.54, 1.807) is 66.1 Å². The molecule has 12 nitrogen and oxygen atoms in total. The Morgan fingerprint density at radius 1 is 0.152 bits per heavy atom. The smallest absolute Gasteiger partial charge is 0.263 e. The quantitative estimate of drug-likeness (QED) is 0.107. The van der Waals surface area contributed by atoms with Gasteiger partial charge in [0.2, 0.25) is 0 Å². The molecule has 0 aliphatic rings. The first-order valence-electron chi connectivity index (χ1n) is 30.2. The van der Waals surface area contributed by atoms with Crippen molar-refractivity contribution in [3.63, 3.8) is 0 Å². The van der Waals surface area contributed by atoms with Gasteiger partial charge in [-0.1, -0.05) is 121 Å². The number of aromatic nitrogens is 4.